The summed E-state index contributed by atoms with van der Waals surface area (Å²) in [5, 5.41) is 2.87. The Balaban J connectivity index is 1.32. The van der Waals surface area contributed by atoms with Crippen LogP contribution < -0.4 is 10.2 Å². The number of hydrogen-bond donors (Lipinski definition) is 1. The summed E-state index contributed by atoms with van der Waals surface area (Å²) in [5.41, 5.74) is 3.84. The molecular weight excluding hydrogens is 338 g/mol. The molecule has 1 saturated heterocycles. The zero-order valence-corrected chi connectivity index (χ0v) is 15.5. The molecule has 27 heavy (non-hydrogen) atoms. The van der Waals surface area contributed by atoms with E-state index in [2.05, 4.69) is 39.4 Å². The molecule has 0 spiro atoms. The second-order valence-electron chi connectivity index (χ2n) is 7.22. The van der Waals surface area contributed by atoms with Crippen molar-refractivity contribution in [3.63, 3.8) is 0 Å². The second-order valence-corrected chi connectivity index (χ2v) is 7.22. The minimum Gasteiger partial charge on any atom is -0.369 e. The maximum atomic E-state index is 12.8. The third kappa shape index (κ3) is 4.03. The van der Waals surface area contributed by atoms with Gasteiger partial charge in [0.2, 0.25) is 5.91 Å². The van der Waals surface area contributed by atoms with Crippen LogP contribution in [0.3, 0.4) is 0 Å². The molecule has 0 atom stereocenters. The minimum absolute atomic E-state index is 0.0309. The Hall–Kier alpha value is -2.66. The molecule has 0 saturated carbocycles. The Bertz CT molecular complexity index is 827. The summed E-state index contributed by atoms with van der Waals surface area (Å²) in [4.78, 5) is 29.1. The van der Waals surface area contributed by atoms with Gasteiger partial charge >= 0.3 is 0 Å². The predicted octanol–water partition coefficient (Wildman–Crippen LogP) is 2.97. The first-order valence-corrected chi connectivity index (χ1v) is 9.68. The average molecular weight is 363 g/mol. The van der Waals surface area contributed by atoms with Crippen molar-refractivity contribution in [3.8, 4) is 0 Å². The van der Waals surface area contributed by atoms with Crippen molar-refractivity contribution in [2.45, 2.75) is 19.3 Å². The highest BCUT2D eigenvalue weighted by Crippen LogP contribution is 2.27. The van der Waals surface area contributed by atoms with Gasteiger partial charge in [-0.3, -0.25) is 14.5 Å². The number of anilines is 2. The molecule has 1 N–H and O–H groups in total. The van der Waals surface area contributed by atoms with E-state index in [1.54, 1.807) is 0 Å². The first-order chi connectivity index (χ1) is 13.2. The zero-order valence-electron chi connectivity index (χ0n) is 15.5. The molecule has 2 aromatic carbocycles. The Morgan fingerprint density at radius 3 is 2.48 bits per heavy atom. The van der Waals surface area contributed by atoms with Gasteiger partial charge in [-0.1, -0.05) is 30.3 Å². The fraction of sp³-hybridized carbons (Fsp3) is 0.364. The van der Waals surface area contributed by atoms with Crippen molar-refractivity contribution in [2.24, 2.45) is 0 Å². The lowest BCUT2D eigenvalue weighted by Gasteiger charge is -2.36. The molecule has 1 amide bonds. The highest BCUT2D eigenvalue weighted by atomic mass is 16.1. The van der Waals surface area contributed by atoms with E-state index in [0.29, 0.717) is 19.3 Å². The van der Waals surface area contributed by atoms with Gasteiger partial charge in [0.15, 0.2) is 5.78 Å². The number of fused-ring (bicyclic) bond motifs is 1. The van der Waals surface area contributed by atoms with E-state index in [4.69, 9.17) is 0 Å². The number of benzene rings is 2. The third-order valence-corrected chi connectivity index (χ3v) is 5.50. The smallest absolute Gasteiger partial charge is 0.224 e. The van der Waals surface area contributed by atoms with Crippen molar-refractivity contribution in [1.29, 1.82) is 0 Å². The van der Waals surface area contributed by atoms with Gasteiger partial charge in [0, 0.05) is 62.5 Å². The Labute approximate surface area is 160 Å². The maximum Gasteiger partial charge on any atom is 0.224 e. The number of nitrogens with one attached hydrogen (secondary N) is 1. The van der Waals surface area contributed by atoms with Crippen LogP contribution in [0.15, 0.2) is 48.5 Å². The Morgan fingerprint density at radius 2 is 1.70 bits per heavy atom. The standard InChI is InChI=1S/C22H25N3O2/c26-21(19-7-4-8-20-18(19)9-10-22(27)23-20)11-12-24-13-15-25(16-14-24)17-5-2-1-3-6-17/h1-8H,9-16H2,(H,23,27). The second kappa shape index (κ2) is 7.92. The van der Waals surface area contributed by atoms with Crippen molar-refractivity contribution in [2.75, 3.05) is 42.9 Å². The van der Waals surface area contributed by atoms with Crippen molar-refractivity contribution in [3.05, 3.63) is 59.7 Å². The molecule has 2 heterocycles. The molecule has 0 radical (unpaired) electrons. The number of nitrogens with zero attached hydrogens (tertiary/aromatic N) is 2. The molecule has 0 aromatic heterocycles. The fourth-order valence-electron chi connectivity index (χ4n) is 3.95. The predicted molar refractivity (Wildman–Crippen MR) is 107 cm³/mol. The first-order valence-electron chi connectivity index (χ1n) is 9.68. The number of ketones is 1. The van der Waals surface area contributed by atoms with Crippen LogP contribution in [0, 0.1) is 0 Å². The summed E-state index contributed by atoms with van der Waals surface area (Å²) in [6, 6.07) is 16.1. The molecule has 5 nitrogen and oxygen atoms in total. The molecule has 2 aromatic rings. The van der Waals surface area contributed by atoms with Crippen LogP contribution in [0.25, 0.3) is 0 Å². The van der Waals surface area contributed by atoms with E-state index < -0.39 is 0 Å². The van der Waals surface area contributed by atoms with Crippen LogP contribution >= 0.6 is 0 Å². The van der Waals surface area contributed by atoms with Gasteiger partial charge < -0.3 is 10.2 Å². The van der Waals surface area contributed by atoms with Gasteiger partial charge in [0.1, 0.15) is 0 Å². The lowest BCUT2D eigenvalue weighted by atomic mass is 9.94. The van der Waals surface area contributed by atoms with Crippen molar-refractivity contribution in [1.82, 2.24) is 4.90 Å². The molecule has 4 rings (SSSR count). The summed E-state index contributed by atoms with van der Waals surface area (Å²) in [5.74, 6) is 0.205. The van der Waals surface area contributed by atoms with E-state index in [-0.39, 0.29) is 11.7 Å². The summed E-state index contributed by atoms with van der Waals surface area (Å²) in [6.45, 7) is 4.73. The van der Waals surface area contributed by atoms with Gasteiger partial charge in [-0.05, 0) is 30.2 Å². The third-order valence-electron chi connectivity index (χ3n) is 5.50. The number of amides is 1. The van der Waals surface area contributed by atoms with Crippen molar-refractivity contribution >= 4 is 23.1 Å². The molecular formula is C22H25N3O2. The Kier molecular flexibility index (Phi) is 5.21. The first kappa shape index (κ1) is 17.7. The van der Waals surface area contributed by atoms with E-state index >= 15 is 0 Å². The lowest BCUT2D eigenvalue weighted by molar-refractivity contribution is -0.116. The molecule has 140 valence electrons. The maximum absolute atomic E-state index is 12.8. The van der Waals surface area contributed by atoms with E-state index in [9.17, 15) is 9.59 Å². The molecule has 1 fully saturated rings. The summed E-state index contributed by atoms with van der Waals surface area (Å²) in [7, 11) is 0. The molecule has 0 aliphatic carbocycles. The molecule has 2 aliphatic rings. The number of carbonyl (C=O) groups is 2. The van der Waals surface area contributed by atoms with Gasteiger partial charge in [-0.25, -0.2) is 0 Å². The van der Waals surface area contributed by atoms with Gasteiger partial charge in [-0.2, -0.15) is 0 Å². The fourth-order valence-corrected chi connectivity index (χ4v) is 3.95. The monoisotopic (exact) mass is 363 g/mol. The van der Waals surface area contributed by atoms with Gasteiger partial charge in [0.25, 0.3) is 0 Å². The number of carbonyl (C=O) groups excluding carboxylic acids is 2. The number of para-hydroxylation sites is 1. The number of rotatable bonds is 5. The molecule has 0 unspecified atom stereocenters. The topological polar surface area (TPSA) is 52.7 Å². The molecule has 5 heteroatoms. The van der Waals surface area contributed by atoms with Crippen LogP contribution in [0.1, 0.15) is 28.8 Å². The quantitative estimate of drug-likeness (QED) is 0.830. The summed E-state index contributed by atoms with van der Waals surface area (Å²) >= 11 is 0. The van der Waals surface area contributed by atoms with E-state index in [1.807, 2.05) is 24.3 Å². The van der Waals surface area contributed by atoms with Crippen molar-refractivity contribution < 1.29 is 9.59 Å². The highest BCUT2D eigenvalue weighted by molar-refractivity contribution is 6.02. The van der Waals surface area contributed by atoms with Crippen LogP contribution in [-0.2, 0) is 11.2 Å². The van der Waals surface area contributed by atoms with Gasteiger partial charge in [0.05, 0.1) is 0 Å². The average Bonchev–Trinajstić information content (AvgIpc) is 2.72. The van der Waals surface area contributed by atoms with Gasteiger partial charge in [-0.15, -0.1) is 0 Å². The summed E-state index contributed by atoms with van der Waals surface area (Å²) < 4.78 is 0. The Morgan fingerprint density at radius 1 is 0.926 bits per heavy atom. The lowest BCUT2D eigenvalue weighted by Crippen LogP contribution is -2.46. The largest absolute Gasteiger partial charge is 0.369 e. The van der Waals surface area contributed by atoms with E-state index in [1.165, 1.54) is 5.69 Å². The number of Topliss-reactive ketones (excluding diaryl/α,β-unsaturated/α-hetero) is 1. The minimum atomic E-state index is 0.0309. The molecule has 2 aliphatic heterocycles. The van der Waals surface area contributed by atoms with Crippen LogP contribution in [0.5, 0.6) is 0 Å². The van der Waals surface area contributed by atoms with Crippen LogP contribution in [0.2, 0.25) is 0 Å². The van der Waals surface area contributed by atoms with Crippen LogP contribution in [0.4, 0.5) is 11.4 Å². The zero-order chi connectivity index (χ0) is 18.6. The normalized spacial score (nSPS) is 17.3. The highest BCUT2D eigenvalue weighted by Gasteiger charge is 2.22. The summed E-state index contributed by atoms with van der Waals surface area (Å²) in [6.07, 6.45) is 1.63. The molecule has 0 bridgehead atoms. The van der Waals surface area contributed by atoms with E-state index in [0.717, 1.165) is 49.5 Å². The number of hydrogen-bond acceptors (Lipinski definition) is 4. The number of piperazine rings is 1. The SMILES string of the molecule is O=C1CCc2c(cccc2C(=O)CCN2CCN(c3ccccc3)CC2)N1. The van der Waals surface area contributed by atoms with Crippen LogP contribution in [-0.4, -0.2) is 49.3 Å².